The fourth-order valence-corrected chi connectivity index (χ4v) is 7.52. The van der Waals surface area contributed by atoms with Gasteiger partial charge in [0.1, 0.15) is 5.69 Å². The molecule has 7 nitrogen and oxygen atoms in total. The van der Waals surface area contributed by atoms with Crippen LogP contribution in [0.5, 0.6) is 0 Å². The number of aromatic nitrogens is 4. The Hall–Kier alpha value is -2.55. The number of hydrogen-bond donors (Lipinski definition) is 1. The molecule has 182 valence electrons. The van der Waals surface area contributed by atoms with Crippen LogP contribution in [-0.2, 0) is 11.8 Å². The van der Waals surface area contributed by atoms with Crippen molar-refractivity contribution >= 4 is 38.1 Å². The third-order valence-electron chi connectivity index (χ3n) is 8.30. The number of thiophene rings is 1. The molecule has 35 heavy (non-hydrogen) atoms. The fourth-order valence-electron chi connectivity index (χ4n) is 6.62. The first-order chi connectivity index (χ1) is 17.2. The van der Waals surface area contributed by atoms with Crippen LogP contribution in [0.25, 0.3) is 32.2 Å². The van der Waals surface area contributed by atoms with E-state index in [2.05, 4.69) is 51.2 Å². The van der Waals surface area contributed by atoms with E-state index in [0.29, 0.717) is 6.04 Å². The molecule has 2 saturated heterocycles. The molecule has 3 fully saturated rings. The van der Waals surface area contributed by atoms with Gasteiger partial charge >= 0.3 is 0 Å². The molecular formula is C27H32N6OS. The molecule has 3 aliphatic rings. The number of benzene rings is 1. The monoisotopic (exact) mass is 488 g/mol. The zero-order chi connectivity index (χ0) is 23.4. The van der Waals surface area contributed by atoms with Crippen LogP contribution < -0.4 is 5.32 Å². The van der Waals surface area contributed by atoms with Gasteiger partial charge in [0.25, 0.3) is 0 Å². The molecule has 0 radical (unpaired) electrons. The molecule has 1 saturated carbocycles. The number of fused-ring (bicyclic) bond motifs is 3. The second-order valence-corrected chi connectivity index (χ2v) is 11.7. The van der Waals surface area contributed by atoms with Crippen LogP contribution in [0, 0.1) is 17.8 Å². The van der Waals surface area contributed by atoms with Gasteiger partial charge in [-0.25, -0.2) is 0 Å². The van der Waals surface area contributed by atoms with Gasteiger partial charge in [-0.05, 0) is 67.0 Å². The van der Waals surface area contributed by atoms with Gasteiger partial charge in [0, 0.05) is 68.5 Å². The average Bonchev–Trinajstić information content (AvgIpc) is 3.62. The summed E-state index contributed by atoms with van der Waals surface area (Å²) < 4.78 is 8.60. The maximum atomic E-state index is 5.54. The molecule has 0 bridgehead atoms. The highest BCUT2D eigenvalue weighted by Crippen LogP contribution is 2.41. The summed E-state index contributed by atoms with van der Waals surface area (Å²) in [5.74, 6) is 3.39. The van der Waals surface area contributed by atoms with E-state index < -0.39 is 0 Å². The van der Waals surface area contributed by atoms with Crippen molar-refractivity contribution in [3.63, 3.8) is 0 Å². The highest BCUT2D eigenvalue weighted by atomic mass is 32.1. The first kappa shape index (κ1) is 21.7. The number of aryl methyl sites for hydroxylation is 1. The summed E-state index contributed by atoms with van der Waals surface area (Å²) in [4.78, 5) is 2.73. The third-order valence-corrected chi connectivity index (χ3v) is 9.22. The molecule has 1 unspecified atom stereocenters. The SMILES string of the molecule is Cn1cc2cc(-c3nnc(NC4C[C@@H]5CN(CC6CCOCC6)C[C@@H]5C4)c4ccsc34)ccc2n1. The molecular weight excluding hydrogens is 456 g/mol. The quantitative estimate of drug-likeness (QED) is 0.436. The second-order valence-electron chi connectivity index (χ2n) is 10.7. The Labute approximate surface area is 209 Å². The van der Waals surface area contributed by atoms with Crippen molar-refractivity contribution in [1.29, 1.82) is 0 Å². The molecule has 8 heteroatoms. The predicted molar refractivity (Wildman–Crippen MR) is 141 cm³/mol. The van der Waals surface area contributed by atoms with E-state index in [1.54, 1.807) is 11.3 Å². The lowest BCUT2D eigenvalue weighted by Gasteiger charge is -2.27. The average molecular weight is 489 g/mol. The normalized spacial score (nSPS) is 25.6. The molecule has 1 aromatic carbocycles. The Morgan fingerprint density at radius 1 is 1.09 bits per heavy atom. The first-order valence-corrected chi connectivity index (χ1v) is 13.8. The van der Waals surface area contributed by atoms with E-state index >= 15 is 0 Å². The van der Waals surface area contributed by atoms with Crippen LogP contribution in [0.2, 0.25) is 0 Å². The van der Waals surface area contributed by atoms with E-state index in [1.165, 1.54) is 55.4 Å². The van der Waals surface area contributed by atoms with Crippen LogP contribution in [0.15, 0.2) is 35.8 Å². The van der Waals surface area contributed by atoms with Crippen molar-refractivity contribution in [3.05, 3.63) is 35.8 Å². The molecule has 7 rings (SSSR count). The number of rotatable bonds is 5. The minimum Gasteiger partial charge on any atom is -0.381 e. The van der Waals surface area contributed by atoms with Gasteiger partial charge in [0.2, 0.25) is 0 Å². The van der Waals surface area contributed by atoms with Crippen LogP contribution in [-0.4, -0.2) is 63.8 Å². The van der Waals surface area contributed by atoms with Gasteiger partial charge in [0.05, 0.1) is 10.2 Å². The van der Waals surface area contributed by atoms with Crippen molar-refractivity contribution in [2.45, 2.75) is 31.7 Å². The fraction of sp³-hybridized carbons (Fsp3) is 0.519. The number of likely N-dealkylation sites (tertiary alicyclic amines) is 1. The molecule has 3 atom stereocenters. The Bertz CT molecular complexity index is 1340. The van der Waals surface area contributed by atoms with Crippen molar-refractivity contribution in [3.8, 4) is 11.3 Å². The lowest BCUT2D eigenvalue weighted by atomic mass is 10.00. The molecule has 0 amide bonds. The van der Waals surface area contributed by atoms with Crippen molar-refractivity contribution in [2.24, 2.45) is 24.8 Å². The number of nitrogens with zero attached hydrogens (tertiary/aromatic N) is 5. The molecule has 1 N–H and O–H groups in total. The van der Waals surface area contributed by atoms with Gasteiger partial charge in [-0.2, -0.15) is 5.10 Å². The van der Waals surface area contributed by atoms with Gasteiger partial charge in [-0.1, -0.05) is 6.07 Å². The minimum absolute atomic E-state index is 0.491. The van der Waals surface area contributed by atoms with Crippen LogP contribution in [0.3, 0.4) is 0 Å². The maximum absolute atomic E-state index is 5.54. The number of hydrogen-bond acceptors (Lipinski definition) is 7. The van der Waals surface area contributed by atoms with Crippen molar-refractivity contribution < 1.29 is 4.74 Å². The van der Waals surface area contributed by atoms with E-state index in [1.807, 2.05) is 11.7 Å². The Morgan fingerprint density at radius 2 is 1.91 bits per heavy atom. The van der Waals surface area contributed by atoms with Crippen molar-refractivity contribution in [2.75, 3.05) is 38.2 Å². The lowest BCUT2D eigenvalue weighted by Crippen LogP contribution is -2.32. The van der Waals surface area contributed by atoms with Gasteiger partial charge in [-0.3, -0.25) is 4.68 Å². The topological polar surface area (TPSA) is 68.1 Å². The highest BCUT2D eigenvalue weighted by molar-refractivity contribution is 7.17. The molecule has 1 aliphatic carbocycles. The van der Waals surface area contributed by atoms with Gasteiger partial charge in [0.15, 0.2) is 5.82 Å². The highest BCUT2D eigenvalue weighted by Gasteiger charge is 2.41. The Morgan fingerprint density at radius 3 is 2.74 bits per heavy atom. The summed E-state index contributed by atoms with van der Waals surface area (Å²) in [7, 11) is 1.96. The summed E-state index contributed by atoms with van der Waals surface area (Å²) in [6.45, 7) is 5.69. The summed E-state index contributed by atoms with van der Waals surface area (Å²) in [5, 5.41) is 22.2. The van der Waals surface area contributed by atoms with Crippen LogP contribution in [0.4, 0.5) is 5.82 Å². The number of ether oxygens (including phenoxy) is 1. The zero-order valence-corrected chi connectivity index (χ0v) is 21.0. The summed E-state index contributed by atoms with van der Waals surface area (Å²) in [5.41, 5.74) is 3.05. The molecule has 3 aromatic heterocycles. The van der Waals surface area contributed by atoms with Gasteiger partial charge in [-0.15, -0.1) is 21.5 Å². The predicted octanol–water partition coefficient (Wildman–Crippen LogP) is 4.79. The molecule has 5 heterocycles. The van der Waals surface area contributed by atoms with Crippen LogP contribution >= 0.6 is 11.3 Å². The van der Waals surface area contributed by atoms with Crippen LogP contribution in [0.1, 0.15) is 25.7 Å². The Kier molecular flexibility index (Phi) is 5.48. The van der Waals surface area contributed by atoms with E-state index in [9.17, 15) is 0 Å². The first-order valence-electron chi connectivity index (χ1n) is 12.9. The summed E-state index contributed by atoms with van der Waals surface area (Å²) in [6, 6.07) is 9.03. The summed E-state index contributed by atoms with van der Waals surface area (Å²) >= 11 is 1.75. The minimum atomic E-state index is 0.491. The zero-order valence-electron chi connectivity index (χ0n) is 20.2. The third kappa shape index (κ3) is 4.11. The van der Waals surface area contributed by atoms with E-state index in [0.717, 1.165) is 58.9 Å². The van der Waals surface area contributed by atoms with Gasteiger partial charge < -0.3 is 15.0 Å². The number of nitrogens with one attached hydrogen (secondary N) is 1. The molecule has 4 aromatic rings. The molecule has 0 spiro atoms. The van der Waals surface area contributed by atoms with Crippen molar-refractivity contribution in [1.82, 2.24) is 24.9 Å². The Balaban J connectivity index is 1.05. The summed E-state index contributed by atoms with van der Waals surface area (Å²) in [6.07, 6.45) is 6.99. The molecule has 2 aliphatic heterocycles. The lowest BCUT2D eigenvalue weighted by molar-refractivity contribution is 0.0545. The second kappa shape index (κ2) is 8.84. The number of anilines is 1. The standard InChI is InChI=1S/C27H32N6OS/c1-32-14-21-10-18(2-3-24(21)31-32)25-26-23(6-9-35-26)27(30-29-25)28-22-11-19-15-33(16-20(19)12-22)13-17-4-7-34-8-5-17/h2-3,6,9-10,14,17,19-20,22H,4-5,7-8,11-13,15-16H2,1H3,(H,28,30)/t19-,20+,22?. The van der Waals surface area contributed by atoms with E-state index in [-0.39, 0.29) is 0 Å². The largest absolute Gasteiger partial charge is 0.381 e. The maximum Gasteiger partial charge on any atom is 0.157 e. The van der Waals surface area contributed by atoms with E-state index in [4.69, 9.17) is 14.9 Å². The smallest absolute Gasteiger partial charge is 0.157 e.